The first-order valence-corrected chi connectivity index (χ1v) is 5.26. The Morgan fingerprint density at radius 3 is 2.56 bits per heavy atom. The largest absolute Gasteiger partial charge is 0.462 e. The van der Waals surface area contributed by atoms with Gasteiger partial charge in [0.1, 0.15) is 6.07 Å². The van der Waals surface area contributed by atoms with Crippen LogP contribution in [0.25, 0.3) is 0 Å². The number of rotatable bonds is 4. The molecule has 0 aliphatic rings. The molecule has 0 atom stereocenters. The minimum atomic E-state index is -0.740. The van der Waals surface area contributed by atoms with Crippen molar-refractivity contribution < 1.29 is 9.53 Å². The van der Waals surface area contributed by atoms with Crippen molar-refractivity contribution in [3.63, 3.8) is 0 Å². The summed E-state index contributed by atoms with van der Waals surface area (Å²) in [5, 5.41) is 17.9. The second kappa shape index (κ2) is 6.72. The molecule has 0 aliphatic heterocycles. The third kappa shape index (κ3) is 3.36. The van der Waals surface area contributed by atoms with E-state index in [4.69, 9.17) is 15.3 Å². The zero-order valence-corrected chi connectivity index (χ0v) is 9.83. The molecule has 0 unspecified atom stereocenters. The third-order valence-electron chi connectivity index (χ3n) is 2.02. The Morgan fingerprint density at radius 1 is 1.39 bits per heavy atom. The molecule has 1 aromatic carbocycles. The second-order valence-corrected chi connectivity index (χ2v) is 3.18. The highest BCUT2D eigenvalue weighted by molar-refractivity contribution is 5.93. The maximum absolute atomic E-state index is 11.4. The summed E-state index contributed by atoms with van der Waals surface area (Å²) in [4.78, 5) is 12.5. The van der Waals surface area contributed by atoms with E-state index in [9.17, 15) is 4.79 Å². The summed E-state index contributed by atoms with van der Waals surface area (Å²) in [5.74, 6) is -0.740. The van der Waals surface area contributed by atoms with Crippen molar-refractivity contribution >= 4 is 11.7 Å². The van der Waals surface area contributed by atoms with Crippen LogP contribution in [0.2, 0.25) is 0 Å². The Morgan fingerprint density at radius 2 is 2.06 bits per heavy atom. The van der Waals surface area contributed by atoms with Gasteiger partial charge in [-0.05, 0) is 19.1 Å². The van der Waals surface area contributed by atoms with E-state index in [0.29, 0.717) is 5.69 Å². The molecule has 0 saturated carbocycles. The molecule has 18 heavy (non-hydrogen) atoms. The lowest BCUT2D eigenvalue weighted by atomic mass is 10.2. The molecule has 90 valence electrons. The molecule has 5 nitrogen and oxygen atoms in total. The van der Waals surface area contributed by atoms with E-state index in [2.05, 4.69) is 0 Å². The van der Waals surface area contributed by atoms with Gasteiger partial charge in [-0.15, -0.1) is 0 Å². The average Bonchev–Trinajstić information content (AvgIpc) is 2.41. The molecular formula is C13H11N3O2. The lowest BCUT2D eigenvalue weighted by Gasteiger charge is -2.10. The van der Waals surface area contributed by atoms with Crippen LogP contribution in [-0.2, 0) is 9.53 Å². The maximum atomic E-state index is 11.4. The zero-order valence-electron chi connectivity index (χ0n) is 9.83. The van der Waals surface area contributed by atoms with Crippen molar-refractivity contribution in [1.29, 1.82) is 10.5 Å². The molecule has 0 radical (unpaired) electrons. The second-order valence-electron chi connectivity index (χ2n) is 3.18. The number of esters is 1. The van der Waals surface area contributed by atoms with Crippen LogP contribution >= 0.6 is 0 Å². The normalized spacial score (nSPS) is 10.1. The fraction of sp³-hybridized carbons (Fsp3) is 0.154. The lowest BCUT2D eigenvalue weighted by molar-refractivity contribution is -0.138. The van der Waals surface area contributed by atoms with Crippen LogP contribution in [0.3, 0.4) is 0 Å². The van der Waals surface area contributed by atoms with E-state index in [0.717, 1.165) is 11.1 Å². The molecule has 1 aromatic rings. The smallest absolute Gasteiger partial charge is 0.350 e. The third-order valence-corrected chi connectivity index (χ3v) is 2.02. The van der Waals surface area contributed by atoms with Gasteiger partial charge >= 0.3 is 5.97 Å². The monoisotopic (exact) mass is 241 g/mol. The van der Waals surface area contributed by atoms with E-state index in [1.165, 1.54) is 0 Å². The summed E-state index contributed by atoms with van der Waals surface area (Å²) >= 11 is 0. The van der Waals surface area contributed by atoms with Gasteiger partial charge < -0.3 is 4.74 Å². The summed E-state index contributed by atoms with van der Waals surface area (Å²) < 4.78 is 4.71. The minimum absolute atomic E-state index is 0.176. The molecule has 0 N–H and O–H groups in total. The number of carbonyl (C=O) groups is 1. The van der Waals surface area contributed by atoms with Crippen LogP contribution in [0.15, 0.2) is 42.1 Å². The molecule has 0 heterocycles. The van der Waals surface area contributed by atoms with E-state index in [1.807, 2.05) is 6.19 Å². The van der Waals surface area contributed by atoms with E-state index >= 15 is 0 Å². The van der Waals surface area contributed by atoms with Crippen molar-refractivity contribution in [2.24, 2.45) is 0 Å². The topological polar surface area (TPSA) is 77.1 Å². The van der Waals surface area contributed by atoms with Crippen LogP contribution in [0.5, 0.6) is 0 Å². The maximum Gasteiger partial charge on any atom is 0.350 e. The Hall–Kier alpha value is -2.79. The van der Waals surface area contributed by atoms with Crippen molar-refractivity contribution in [3.05, 3.63) is 42.1 Å². The first kappa shape index (κ1) is 13.3. The molecule has 0 bridgehead atoms. The Kier molecular flexibility index (Phi) is 4.96. The highest BCUT2D eigenvalue weighted by atomic mass is 16.5. The molecule has 0 fully saturated rings. The summed E-state index contributed by atoms with van der Waals surface area (Å²) in [6.45, 7) is 1.82. The van der Waals surface area contributed by atoms with Crippen molar-refractivity contribution in [2.45, 2.75) is 6.92 Å². The van der Waals surface area contributed by atoms with Crippen molar-refractivity contribution in [2.75, 3.05) is 11.5 Å². The summed E-state index contributed by atoms with van der Waals surface area (Å²) in [5.41, 5.74) is 0.347. The van der Waals surface area contributed by atoms with Gasteiger partial charge in [0, 0.05) is 6.20 Å². The van der Waals surface area contributed by atoms with Gasteiger partial charge in [0.25, 0.3) is 0 Å². The van der Waals surface area contributed by atoms with E-state index in [1.54, 1.807) is 43.3 Å². The molecular weight excluding hydrogens is 230 g/mol. The first-order valence-electron chi connectivity index (χ1n) is 5.26. The highest BCUT2D eigenvalue weighted by Gasteiger charge is 2.12. The van der Waals surface area contributed by atoms with Crippen LogP contribution < -0.4 is 4.90 Å². The Bertz CT molecular complexity index is 523. The predicted molar refractivity (Wildman–Crippen MR) is 64.9 cm³/mol. The standard InChI is InChI=1S/C13H11N3O2/c1-2-18-13(17)11(8-14)9-16(10-15)12-6-4-3-5-7-12/h3-7,9H,2H2,1H3. The van der Waals surface area contributed by atoms with Crippen LogP contribution in [0.1, 0.15) is 6.92 Å². The summed E-state index contributed by atoms with van der Waals surface area (Å²) in [7, 11) is 0. The number of carbonyl (C=O) groups excluding carboxylic acids is 1. The van der Waals surface area contributed by atoms with Crippen LogP contribution in [0, 0.1) is 22.8 Å². The number of nitrogens with zero attached hydrogens (tertiary/aromatic N) is 3. The van der Waals surface area contributed by atoms with Crippen molar-refractivity contribution in [3.8, 4) is 12.3 Å². The van der Waals surface area contributed by atoms with Crippen LogP contribution in [-0.4, -0.2) is 12.6 Å². The SMILES string of the molecule is CCOC(=O)C(C#N)=CN(C#N)c1ccccc1. The average molecular weight is 241 g/mol. The lowest BCUT2D eigenvalue weighted by Crippen LogP contribution is -2.13. The van der Waals surface area contributed by atoms with Crippen LogP contribution in [0.4, 0.5) is 5.69 Å². The van der Waals surface area contributed by atoms with Gasteiger partial charge in [-0.3, -0.25) is 4.90 Å². The number of benzene rings is 1. The molecule has 0 aliphatic carbocycles. The Labute approximate surface area is 105 Å². The molecule has 5 heteroatoms. The molecule has 0 saturated heterocycles. The zero-order chi connectivity index (χ0) is 13.4. The fourth-order valence-electron chi connectivity index (χ4n) is 1.21. The van der Waals surface area contributed by atoms with Crippen molar-refractivity contribution in [1.82, 2.24) is 0 Å². The van der Waals surface area contributed by atoms with Gasteiger partial charge in [0.15, 0.2) is 11.8 Å². The van der Waals surface area contributed by atoms with Gasteiger partial charge in [-0.1, -0.05) is 18.2 Å². The number of para-hydroxylation sites is 1. The highest BCUT2D eigenvalue weighted by Crippen LogP contribution is 2.14. The van der Waals surface area contributed by atoms with E-state index < -0.39 is 5.97 Å². The minimum Gasteiger partial charge on any atom is -0.462 e. The fourth-order valence-corrected chi connectivity index (χ4v) is 1.21. The summed E-state index contributed by atoms with van der Waals surface area (Å²) in [6.07, 6.45) is 3.04. The first-order chi connectivity index (χ1) is 8.72. The molecule has 0 aromatic heterocycles. The Balaban J connectivity index is 3.01. The number of ether oxygens (including phenoxy) is 1. The quantitative estimate of drug-likeness (QED) is 0.265. The molecule has 0 amide bonds. The van der Waals surface area contributed by atoms with Gasteiger partial charge in [0.2, 0.25) is 0 Å². The van der Waals surface area contributed by atoms with Gasteiger partial charge in [-0.2, -0.15) is 10.5 Å². The number of anilines is 1. The molecule has 1 rings (SSSR count). The number of hydrogen-bond donors (Lipinski definition) is 0. The molecule has 0 spiro atoms. The van der Waals surface area contributed by atoms with Gasteiger partial charge in [0.05, 0.1) is 12.3 Å². The number of nitriles is 2. The van der Waals surface area contributed by atoms with E-state index in [-0.39, 0.29) is 12.2 Å². The summed E-state index contributed by atoms with van der Waals surface area (Å²) in [6, 6.07) is 10.4. The predicted octanol–water partition coefficient (Wildman–Crippen LogP) is 1.94. The van der Waals surface area contributed by atoms with Gasteiger partial charge in [-0.25, -0.2) is 4.79 Å². The number of hydrogen-bond acceptors (Lipinski definition) is 5.